The van der Waals surface area contributed by atoms with Gasteiger partial charge in [0.1, 0.15) is 10.5 Å². The molecule has 4 rings (SSSR count). The summed E-state index contributed by atoms with van der Waals surface area (Å²) in [6, 6.07) is 15.1. The molecule has 2 aromatic carbocycles. The van der Waals surface area contributed by atoms with Gasteiger partial charge in [-0.2, -0.15) is 0 Å². The summed E-state index contributed by atoms with van der Waals surface area (Å²) in [6.07, 6.45) is 0.932. The number of carbonyl (C=O) groups excluding carboxylic acids is 1. The number of aryl methyl sites for hydroxylation is 1. The van der Waals surface area contributed by atoms with Crippen molar-refractivity contribution in [1.29, 1.82) is 0 Å². The number of nitrogens with one attached hydrogen (secondary N) is 1. The monoisotopic (exact) mass is 439 g/mol. The van der Waals surface area contributed by atoms with Crippen LogP contribution in [0.3, 0.4) is 0 Å². The standard InChI is InChI=1S/C22H18FN3O2S2/c1-2-14-3-7-16(8-4-14)24-19(27)13-30-22-25-18-11-12-29-20(18)21(28)26(22)17-9-5-15(23)6-10-17/h3-12H,2,13H2,1H3,(H,24,27). The van der Waals surface area contributed by atoms with E-state index >= 15 is 0 Å². The van der Waals surface area contributed by atoms with E-state index in [-0.39, 0.29) is 23.0 Å². The SMILES string of the molecule is CCc1ccc(NC(=O)CSc2nc3ccsc3c(=O)n2-c2ccc(F)cc2)cc1. The van der Waals surface area contributed by atoms with Crippen LogP contribution >= 0.6 is 23.1 Å². The lowest BCUT2D eigenvalue weighted by Gasteiger charge is -2.12. The fourth-order valence-corrected chi connectivity index (χ4v) is 4.53. The quantitative estimate of drug-likeness (QED) is 0.344. The highest BCUT2D eigenvalue weighted by atomic mass is 32.2. The van der Waals surface area contributed by atoms with E-state index in [9.17, 15) is 14.0 Å². The highest BCUT2D eigenvalue weighted by Gasteiger charge is 2.16. The molecule has 0 bridgehead atoms. The van der Waals surface area contributed by atoms with Gasteiger partial charge in [0.05, 0.1) is 17.0 Å². The van der Waals surface area contributed by atoms with Gasteiger partial charge in [0.2, 0.25) is 5.91 Å². The van der Waals surface area contributed by atoms with Gasteiger partial charge in [-0.15, -0.1) is 11.3 Å². The van der Waals surface area contributed by atoms with Gasteiger partial charge in [-0.05, 0) is 59.8 Å². The van der Waals surface area contributed by atoms with Gasteiger partial charge in [0, 0.05) is 5.69 Å². The number of fused-ring (bicyclic) bond motifs is 1. The van der Waals surface area contributed by atoms with Gasteiger partial charge < -0.3 is 5.32 Å². The molecule has 4 aromatic rings. The van der Waals surface area contributed by atoms with Crippen molar-refractivity contribution in [2.45, 2.75) is 18.5 Å². The molecule has 2 heterocycles. The molecule has 1 N–H and O–H groups in total. The van der Waals surface area contributed by atoms with Crippen molar-refractivity contribution in [2.75, 3.05) is 11.1 Å². The van der Waals surface area contributed by atoms with Crippen LogP contribution < -0.4 is 10.9 Å². The number of thiophene rings is 1. The molecule has 5 nitrogen and oxygen atoms in total. The van der Waals surface area contributed by atoms with Gasteiger partial charge in [0.15, 0.2) is 5.16 Å². The number of rotatable bonds is 6. The Morgan fingerprint density at radius 2 is 1.87 bits per heavy atom. The van der Waals surface area contributed by atoms with E-state index in [1.54, 1.807) is 11.4 Å². The van der Waals surface area contributed by atoms with Gasteiger partial charge in [-0.3, -0.25) is 14.2 Å². The molecule has 0 saturated carbocycles. The van der Waals surface area contributed by atoms with Crippen LogP contribution in [0.2, 0.25) is 0 Å². The van der Waals surface area contributed by atoms with E-state index in [2.05, 4.69) is 17.2 Å². The van der Waals surface area contributed by atoms with Gasteiger partial charge in [-0.25, -0.2) is 9.37 Å². The Hall–Kier alpha value is -2.97. The Balaban J connectivity index is 1.59. The lowest BCUT2D eigenvalue weighted by Crippen LogP contribution is -2.22. The Morgan fingerprint density at radius 3 is 2.57 bits per heavy atom. The predicted molar refractivity (Wildman–Crippen MR) is 120 cm³/mol. The molecule has 0 fully saturated rings. The number of carbonyl (C=O) groups is 1. The van der Waals surface area contributed by atoms with Crippen LogP contribution in [0.1, 0.15) is 12.5 Å². The molecule has 0 unspecified atom stereocenters. The third-order valence-electron chi connectivity index (χ3n) is 4.51. The molecule has 0 aliphatic carbocycles. The summed E-state index contributed by atoms with van der Waals surface area (Å²) >= 11 is 2.47. The summed E-state index contributed by atoms with van der Waals surface area (Å²) in [5, 5.41) is 5.04. The van der Waals surface area contributed by atoms with E-state index in [1.807, 2.05) is 24.3 Å². The molecule has 0 aliphatic rings. The first-order valence-electron chi connectivity index (χ1n) is 9.33. The maximum atomic E-state index is 13.4. The van der Waals surface area contributed by atoms with Crippen molar-refractivity contribution >= 4 is 44.9 Å². The lowest BCUT2D eigenvalue weighted by atomic mass is 10.1. The molecule has 0 saturated heterocycles. The minimum Gasteiger partial charge on any atom is -0.325 e. The molecular formula is C22H18FN3O2S2. The summed E-state index contributed by atoms with van der Waals surface area (Å²) < 4.78 is 15.3. The molecule has 152 valence electrons. The minimum atomic E-state index is -0.389. The second kappa shape index (κ2) is 8.81. The zero-order valence-corrected chi connectivity index (χ0v) is 17.7. The second-order valence-electron chi connectivity index (χ2n) is 6.53. The van der Waals surface area contributed by atoms with Crippen molar-refractivity contribution in [1.82, 2.24) is 9.55 Å². The molecule has 2 aromatic heterocycles. The molecule has 0 atom stereocenters. The van der Waals surface area contributed by atoms with E-state index in [0.29, 0.717) is 21.1 Å². The predicted octanol–water partition coefficient (Wildman–Crippen LogP) is 4.88. The normalized spacial score (nSPS) is 11.0. The maximum Gasteiger partial charge on any atom is 0.276 e. The summed E-state index contributed by atoms with van der Waals surface area (Å²) in [5.74, 6) is -0.507. The van der Waals surface area contributed by atoms with Crippen LogP contribution in [-0.4, -0.2) is 21.2 Å². The minimum absolute atomic E-state index is 0.0822. The Labute approximate surface area is 180 Å². The average Bonchev–Trinajstić information content (AvgIpc) is 3.23. The summed E-state index contributed by atoms with van der Waals surface area (Å²) in [5.41, 5.74) is 2.76. The van der Waals surface area contributed by atoms with Crippen molar-refractivity contribution in [2.24, 2.45) is 0 Å². The third-order valence-corrected chi connectivity index (χ3v) is 6.34. The lowest BCUT2D eigenvalue weighted by molar-refractivity contribution is -0.113. The van der Waals surface area contributed by atoms with E-state index in [1.165, 1.54) is 45.7 Å². The highest BCUT2D eigenvalue weighted by molar-refractivity contribution is 7.99. The smallest absolute Gasteiger partial charge is 0.276 e. The molecule has 0 spiro atoms. The molecule has 0 radical (unpaired) electrons. The first-order valence-corrected chi connectivity index (χ1v) is 11.2. The fraction of sp³-hybridized carbons (Fsp3) is 0.136. The van der Waals surface area contributed by atoms with Crippen molar-refractivity contribution in [3.8, 4) is 5.69 Å². The number of halogens is 1. The zero-order chi connectivity index (χ0) is 21.1. The van der Waals surface area contributed by atoms with Crippen LogP contribution in [0, 0.1) is 5.82 Å². The molecular weight excluding hydrogens is 421 g/mol. The Bertz CT molecular complexity index is 1250. The third kappa shape index (κ3) is 4.29. The highest BCUT2D eigenvalue weighted by Crippen LogP contribution is 2.24. The van der Waals surface area contributed by atoms with E-state index in [0.717, 1.165) is 23.9 Å². The topological polar surface area (TPSA) is 64.0 Å². The first kappa shape index (κ1) is 20.3. The van der Waals surface area contributed by atoms with Crippen LogP contribution in [0.25, 0.3) is 15.9 Å². The van der Waals surface area contributed by atoms with Crippen molar-refractivity contribution in [3.63, 3.8) is 0 Å². The molecule has 30 heavy (non-hydrogen) atoms. The van der Waals surface area contributed by atoms with Crippen molar-refractivity contribution < 1.29 is 9.18 Å². The maximum absolute atomic E-state index is 13.4. The second-order valence-corrected chi connectivity index (χ2v) is 8.39. The number of amides is 1. The first-order chi connectivity index (χ1) is 14.5. The Morgan fingerprint density at radius 1 is 1.13 bits per heavy atom. The summed E-state index contributed by atoms with van der Waals surface area (Å²) in [7, 11) is 0. The van der Waals surface area contributed by atoms with Crippen LogP contribution in [-0.2, 0) is 11.2 Å². The number of hydrogen-bond acceptors (Lipinski definition) is 5. The largest absolute Gasteiger partial charge is 0.325 e. The zero-order valence-electron chi connectivity index (χ0n) is 16.1. The fourth-order valence-electron chi connectivity index (χ4n) is 2.96. The number of thioether (sulfide) groups is 1. The number of anilines is 1. The molecule has 0 aliphatic heterocycles. The van der Waals surface area contributed by atoms with E-state index in [4.69, 9.17) is 0 Å². The number of nitrogens with zero attached hydrogens (tertiary/aromatic N) is 2. The summed E-state index contributed by atoms with van der Waals surface area (Å²) in [6.45, 7) is 2.07. The van der Waals surface area contributed by atoms with Crippen LogP contribution in [0.4, 0.5) is 10.1 Å². The number of hydrogen-bond donors (Lipinski definition) is 1. The number of aromatic nitrogens is 2. The van der Waals surface area contributed by atoms with E-state index < -0.39 is 0 Å². The summed E-state index contributed by atoms with van der Waals surface area (Å²) in [4.78, 5) is 30.0. The molecule has 1 amide bonds. The number of benzene rings is 2. The average molecular weight is 440 g/mol. The van der Waals surface area contributed by atoms with Crippen LogP contribution in [0.15, 0.2) is 69.9 Å². The van der Waals surface area contributed by atoms with Crippen molar-refractivity contribution in [3.05, 3.63) is 81.7 Å². The van der Waals surface area contributed by atoms with Gasteiger partial charge in [0.25, 0.3) is 5.56 Å². The van der Waals surface area contributed by atoms with Gasteiger partial charge in [-0.1, -0.05) is 30.8 Å². The van der Waals surface area contributed by atoms with Crippen LogP contribution in [0.5, 0.6) is 0 Å². The van der Waals surface area contributed by atoms with Gasteiger partial charge >= 0.3 is 0 Å². The molecule has 8 heteroatoms. The Kier molecular flexibility index (Phi) is 5.96.